The average molecular weight is 264 g/mol. The fraction of sp³-hybridized carbons (Fsp3) is 0.250. The molecule has 6 nitrogen and oxygen atoms in total. The standard InChI is InChI=1S/C12H13FN4O2/c1-7-2-8(13)4-10(3-7)17-6-9(15-16-17)5-11(14)12(18)19/h2-4,6,11H,5,14H2,1H3,(H,18,19). The Balaban J connectivity index is 2.23. The molecule has 2 rings (SSSR count). The lowest BCUT2D eigenvalue weighted by molar-refractivity contribution is -0.138. The van der Waals surface area contributed by atoms with Gasteiger partial charge in [-0.2, -0.15) is 0 Å². The lowest BCUT2D eigenvalue weighted by atomic mass is 10.2. The molecule has 0 aliphatic rings. The minimum absolute atomic E-state index is 0.0730. The van der Waals surface area contributed by atoms with Gasteiger partial charge in [-0.05, 0) is 30.7 Å². The molecule has 19 heavy (non-hydrogen) atoms. The molecule has 0 bridgehead atoms. The first kappa shape index (κ1) is 13.2. The van der Waals surface area contributed by atoms with E-state index in [0.29, 0.717) is 11.4 Å². The molecular weight excluding hydrogens is 251 g/mol. The average Bonchev–Trinajstić information content (AvgIpc) is 2.76. The van der Waals surface area contributed by atoms with Crippen LogP contribution in [0, 0.1) is 12.7 Å². The molecule has 100 valence electrons. The molecule has 1 atom stereocenters. The Morgan fingerprint density at radius 2 is 2.26 bits per heavy atom. The Kier molecular flexibility index (Phi) is 3.57. The summed E-state index contributed by atoms with van der Waals surface area (Å²) < 4.78 is 14.7. The second-order valence-electron chi connectivity index (χ2n) is 4.29. The SMILES string of the molecule is Cc1cc(F)cc(-n2cc(CC(N)C(=O)O)nn2)c1. The molecule has 0 spiro atoms. The highest BCUT2D eigenvalue weighted by Gasteiger charge is 2.14. The summed E-state index contributed by atoms with van der Waals surface area (Å²) in [5, 5.41) is 16.4. The molecular formula is C12H13FN4O2. The van der Waals surface area contributed by atoms with Gasteiger partial charge in [0.25, 0.3) is 0 Å². The number of aliphatic carboxylic acids is 1. The van der Waals surface area contributed by atoms with Crippen molar-refractivity contribution in [2.24, 2.45) is 5.73 Å². The highest BCUT2D eigenvalue weighted by atomic mass is 19.1. The number of carbonyl (C=O) groups is 1. The molecule has 1 unspecified atom stereocenters. The van der Waals surface area contributed by atoms with E-state index in [9.17, 15) is 9.18 Å². The summed E-state index contributed by atoms with van der Waals surface area (Å²) in [4.78, 5) is 10.6. The van der Waals surface area contributed by atoms with Crippen molar-refractivity contribution in [3.63, 3.8) is 0 Å². The first-order valence-corrected chi connectivity index (χ1v) is 5.63. The predicted octanol–water partition coefficient (Wildman–Crippen LogP) is 0.669. The van der Waals surface area contributed by atoms with Gasteiger partial charge in [0, 0.05) is 6.42 Å². The monoisotopic (exact) mass is 264 g/mol. The van der Waals surface area contributed by atoms with Gasteiger partial charge >= 0.3 is 5.97 Å². The number of halogens is 1. The molecule has 1 heterocycles. The normalized spacial score (nSPS) is 12.4. The van der Waals surface area contributed by atoms with Crippen molar-refractivity contribution in [2.75, 3.05) is 0 Å². The van der Waals surface area contributed by atoms with E-state index in [1.807, 2.05) is 0 Å². The smallest absolute Gasteiger partial charge is 0.320 e. The lowest BCUT2D eigenvalue weighted by Crippen LogP contribution is -2.32. The zero-order chi connectivity index (χ0) is 14.0. The lowest BCUT2D eigenvalue weighted by Gasteiger charge is -2.03. The third-order valence-electron chi connectivity index (χ3n) is 2.58. The van der Waals surface area contributed by atoms with Crippen LogP contribution in [0.5, 0.6) is 0 Å². The van der Waals surface area contributed by atoms with E-state index in [1.165, 1.54) is 23.0 Å². The van der Waals surface area contributed by atoms with Crippen LogP contribution in [0.2, 0.25) is 0 Å². The number of rotatable bonds is 4. The highest BCUT2D eigenvalue weighted by Crippen LogP contribution is 2.12. The Labute approximate surface area is 108 Å². The molecule has 3 N–H and O–H groups in total. The zero-order valence-corrected chi connectivity index (χ0v) is 10.2. The van der Waals surface area contributed by atoms with Crippen LogP contribution in [0.15, 0.2) is 24.4 Å². The number of hydrogen-bond acceptors (Lipinski definition) is 4. The Hall–Kier alpha value is -2.28. The van der Waals surface area contributed by atoms with Crippen LogP contribution in [-0.4, -0.2) is 32.1 Å². The fourth-order valence-corrected chi connectivity index (χ4v) is 1.68. The molecule has 0 radical (unpaired) electrons. The number of carboxylic acids is 1. The van der Waals surface area contributed by atoms with Crippen LogP contribution in [0.3, 0.4) is 0 Å². The highest BCUT2D eigenvalue weighted by molar-refractivity contribution is 5.73. The maximum Gasteiger partial charge on any atom is 0.320 e. The van der Waals surface area contributed by atoms with Gasteiger partial charge in [-0.15, -0.1) is 5.10 Å². The first-order valence-electron chi connectivity index (χ1n) is 5.63. The van der Waals surface area contributed by atoms with E-state index in [0.717, 1.165) is 5.56 Å². The second kappa shape index (κ2) is 5.15. The molecule has 1 aromatic carbocycles. The summed E-state index contributed by atoms with van der Waals surface area (Å²) in [6.45, 7) is 1.77. The van der Waals surface area contributed by atoms with E-state index >= 15 is 0 Å². The van der Waals surface area contributed by atoms with Crippen molar-refractivity contribution >= 4 is 5.97 Å². The van der Waals surface area contributed by atoms with Gasteiger partial charge in [0.15, 0.2) is 0 Å². The van der Waals surface area contributed by atoms with Crippen molar-refractivity contribution in [1.29, 1.82) is 0 Å². The van der Waals surface area contributed by atoms with Gasteiger partial charge in [-0.25, -0.2) is 9.07 Å². The van der Waals surface area contributed by atoms with Crippen LogP contribution in [0.4, 0.5) is 4.39 Å². The number of hydrogen-bond donors (Lipinski definition) is 2. The Bertz CT molecular complexity index is 591. The topological polar surface area (TPSA) is 94.0 Å². The van der Waals surface area contributed by atoms with Crippen LogP contribution < -0.4 is 5.73 Å². The number of aromatic nitrogens is 3. The third-order valence-corrected chi connectivity index (χ3v) is 2.58. The second-order valence-corrected chi connectivity index (χ2v) is 4.29. The van der Waals surface area contributed by atoms with Crippen LogP contribution >= 0.6 is 0 Å². The van der Waals surface area contributed by atoms with E-state index < -0.39 is 12.0 Å². The van der Waals surface area contributed by atoms with Crippen molar-refractivity contribution in [2.45, 2.75) is 19.4 Å². The first-order chi connectivity index (χ1) is 8.95. The summed E-state index contributed by atoms with van der Waals surface area (Å²) in [7, 11) is 0. The summed E-state index contributed by atoms with van der Waals surface area (Å²) in [5.74, 6) is -1.47. The van der Waals surface area contributed by atoms with E-state index in [2.05, 4.69) is 10.3 Å². The summed E-state index contributed by atoms with van der Waals surface area (Å²) >= 11 is 0. The van der Waals surface area contributed by atoms with Crippen molar-refractivity contribution in [1.82, 2.24) is 15.0 Å². The number of nitrogens with zero attached hydrogens (tertiary/aromatic N) is 3. The number of benzene rings is 1. The molecule has 1 aromatic heterocycles. The minimum atomic E-state index is -1.10. The van der Waals surface area contributed by atoms with E-state index in [-0.39, 0.29) is 12.2 Å². The molecule has 0 saturated heterocycles. The van der Waals surface area contributed by atoms with Crippen LogP contribution in [0.1, 0.15) is 11.3 Å². The molecule has 0 aliphatic heterocycles. The third kappa shape index (κ3) is 3.14. The van der Waals surface area contributed by atoms with E-state index in [4.69, 9.17) is 10.8 Å². The van der Waals surface area contributed by atoms with Gasteiger partial charge < -0.3 is 10.8 Å². The van der Waals surface area contributed by atoms with Gasteiger partial charge in [-0.3, -0.25) is 4.79 Å². The van der Waals surface area contributed by atoms with Gasteiger partial charge in [-0.1, -0.05) is 5.21 Å². The van der Waals surface area contributed by atoms with Crippen molar-refractivity contribution in [3.05, 3.63) is 41.5 Å². The Morgan fingerprint density at radius 1 is 1.53 bits per heavy atom. The van der Waals surface area contributed by atoms with Crippen molar-refractivity contribution < 1.29 is 14.3 Å². The molecule has 2 aromatic rings. The summed E-state index contributed by atoms with van der Waals surface area (Å²) in [5.41, 5.74) is 7.14. The van der Waals surface area contributed by atoms with Crippen molar-refractivity contribution in [3.8, 4) is 5.69 Å². The van der Waals surface area contributed by atoms with Crippen LogP contribution in [0.25, 0.3) is 5.69 Å². The number of carboxylic acid groups (broad SMARTS) is 1. The van der Waals surface area contributed by atoms with Gasteiger partial charge in [0.05, 0.1) is 17.6 Å². The quantitative estimate of drug-likeness (QED) is 0.846. The fourth-order valence-electron chi connectivity index (χ4n) is 1.68. The molecule has 0 fully saturated rings. The number of aryl methyl sites for hydroxylation is 1. The van der Waals surface area contributed by atoms with Gasteiger partial charge in [0.1, 0.15) is 11.9 Å². The summed E-state index contributed by atoms with van der Waals surface area (Å²) in [6.07, 6.45) is 1.61. The zero-order valence-electron chi connectivity index (χ0n) is 10.2. The molecule has 0 aliphatic carbocycles. The van der Waals surface area contributed by atoms with Gasteiger partial charge in [0.2, 0.25) is 0 Å². The molecule has 0 amide bonds. The summed E-state index contributed by atoms with van der Waals surface area (Å²) in [6, 6.07) is 3.45. The molecule has 7 heteroatoms. The maximum atomic E-state index is 13.3. The predicted molar refractivity (Wildman–Crippen MR) is 65.4 cm³/mol. The van der Waals surface area contributed by atoms with Crippen LogP contribution in [-0.2, 0) is 11.2 Å². The largest absolute Gasteiger partial charge is 0.480 e. The minimum Gasteiger partial charge on any atom is -0.480 e. The number of nitrogens with two attached hydrogens (primary N) is 1. The van der Waals surface area contributed by atoms with E-state index in [1.54, 1.807) is 13.0 Å². The maximum absolute atomic E-state index is 13.3. The Morgan fingerprint density at radius 3 is 2.89 bits per heavy atom. The molecule has 0 saturated carbocycles.